The predicted molar refractivity (Wildman–Crippen MR) is 110 cm³/mol. The summed E-state index contributed by atoms with van der Waals surface area (Å²) in [5.74, 6) is 2.92. The number of nitrogens with zero attached hydrogens (tertiary/aromatic N) is 1. The van der Waals surface area contributed by atoms with Crippen LogP contribution >= 0.6 is 11.8 Å². The molecule has 4 nitrogen and oxygen atoms in total. The van der Waals surface area contributed by atoms with Crippen molar-refractivity contribution >= 4 is 17.6 Å². The van der Waals surface area contributed by atoms with Crippen molar-refractivity contribution in [2.45, 2.75) is 56.0 Å². The number of thioether (sulfide) groups is 1. The molecule has 4 rings (SSSR count). The maximum Gasteiger partial charge on any atom is 0.120 e. The van der Waals surface area contributed by atoms with Gasteiger partial charge >= 0.3 is 0 Å². The lowest BCUT2D eigenvalue weighted by Gasteiger charge is -2.19. The average Bonchev–Trinajstić information content (AvgIpc) is 3.41. The maximum atomic E-state index is 6.15. The Kier molecular flexibility index (Phi) is 5.55. The average molecular weight is 371 g/mol. The summed E-state index contributed by atoms with van der Waals surface area (Å²) in [5.41, 5.74) is 16.1. The number of aliphatic imine (C=N–C) groups is 1. The molecule has 2 aliphatic carbocycles. The Bertz CT molecular complexity index is 708. The number of allylic oxidation sites excluding steroid dienone is 1. The van der Waals surface area contributed by atoms with Crippen LogP contribution in [0.4, 0.5) is 0 Å². The SMILES string of the molecule is NC(/C=C(\N)C1CC1)=NC1CCC[C@H]1CSc1ccc2c(c1)CCNC2. The van der Waals surface area contributed by atoms with Crippen LogP contribution in [0, 0.1) is 11.8 Å². The summed E-state index contributed by atoms with van der Waals surface area (Å²) in [5, 5.41) is 3.44. The van der Waals surface area contributed by atoms with Gasteiger partial charge in [0, 0.05) is 22.9 Å². The molecular weight excluding hydrogens is 340 g/mol. The van der Waals surface area contributed by atoms with Crippen molar-refractivity contribution in [1.29, 1.82) is 0 Å². The Hall–Kier alpha value is -1.46. The molecule has 0 saturated heterocycles. The molecule has 1 aromatic rings. The van der Waals surface area contributed by atoms with Crippen LogP contribution in [0.3, 0.4) is 0 Å². The summed E-state index contributed by atoms with van der Waals surface area (Å²) in [4.78, 5) is 6.20. The Morgan fingerprint density at radius 3 is 2.92 bits per heavy atom. The third kappa shape index (κ3) is 4.44. The molecule has 140 valence electrons. The molecule has 1 aliphatic heterocycles. The van der Waals surface area contributed by atoms with E-state index in [1.807, 2.05) is 17.8 Å². The second-order valence-electron chi connectivity index (χ2n) is 7.90. The lowest BCUT2D eigenvalue weighted by molar-refractivity contribution is 0.538. The molecule has 5 heteroatoms. The maximum absolute atomic E-state index is 6.15. The van der Waals surface area contributed by atoms with Crippen LogP contribution < -0.4 is 16.8 Å². The molecule has 0 amide bonds. The molecule has 26 heavy (non-hydrogen) atoms. The fourth-order valence-electron chi connectivity index (χ4n) is 4.06. The van der Waals surface area contributed by atoms with Crippen LogP contribution in [0.25, 0.3) is 0 Å². The summed E-state index contributed by atoms with van der Waals surface area (Å²) < 4.78 is 0. The molecule has 0 aromatic heterocycles. The standard InChI is InChI=1S/C21H30N4S/c22-19(14-4-5-14)11-21(23)25-20-3-1-2-17(20)13-26-18-7-6-16-12-24-9-8-15(16)10-18/h6-7,10-11,14,17,20,24H,1-5,8-9,12-13,22H2,(H2,23,25)/b19-11-/t17-,20?/m0/s1. The first-order valence-corrected chi connectivity index (χ1v) is 10.9. The molecule has 0 bridgehead atoms. The van der Waals surface area contributed by atoms with Crippen molar-refractivity contribution in [2.75, 3.05) is 12.3 Å². The van der Waals surface area contributed by atoms with E-state index in [0.29, 0.717) is 23.7 Å². The van der Waals surface area contributed by atoms with Crippen LogP contribution in [-0.4, -0.2) is 24.2 Å². The highest BCUT2D eigenvalue weighted by Crippen LogP contribution is 2.35. The smallest absolute Gasteiger partial charge is 0.120 e. The fourth-order valence-corrected chi connectivity index (χ4v) is 5.25. The summed E-state index contributed by atoms with van der Waals surface area (Å²) in [6.45, 7) is 2.10. The van der Waals surface area contributed by atoms with Gasteiger partial charge in [0.1, 0.15) is 5.84 Å². The molecule has 3 aliphatic rings. The minimum absolute atomic E-state index is 0.354. The Labute approximate surface area is 160 Å². The summed E-state index contributed by atoms with van der Waals surface area (Å²) in [7, 11) is 0. The van der Waals surface area contributed by atoms with E-state index in [1.54, 1.807) is 0 Å². The van der Waals surface area contributed by atoms with E-state index in [1.165, 1.54) is 41.7 Å². The first-order valence-electron chi connectivity index (χ1n) is 9.94. The summed E-state index contributed by atoms with van der Waals surface area (Å²) in [6.07, 6.45) is 9.11. The van der Waals surface area contributed by atoms with Gasteiger partial charge in [-0.05, 0) is 79.8 Å². The van der Waals surface area contributed by atoms with Crippen molar-refractivity contribution in [3.8, 4) is 0 Å². The van der Waals surface area contributed by atoms with Gasteiger partial charge in [-0.1, -0.05) is 12.5 Å². The van der Waals surface area contributed by atoms with Gasteiger partial charge in [-0.2, -0.15) is 0 Å². The van der Waals surface area contributed by atoms with Gasteiger partial charge in [-0.25, -0.2) is 0 Å². The normalized spacial score (nSPS) is 26.8. The van der Waals surface area contributed by atoms with Crippen molar-refractivity contribution in [2.24, 2.45) is 28.3 Å². The van der Waals surface area contributed by atoms with E-state index in [-0.39, 0.29) is 0 Å². The predicted octanol–water partition coefficient (Wildman–Crippen LogP) is 3.20. The fraction of sp³-hybridized carbons (Fsp3) is 0.571. The molecule has 1 unspecified atom stereocenters. The van der Waals surface area contributed by atoms with E-state index < -0.39 is 0 Å². The third-order valence-corrected chi connectivity index (χ3v) is 7.01. The molecule has 2 fully saturated rings. The van der Waals surface area contributed by atoms with Crippen LogP contribution in [-0.2, 0) is 13.0 Å². The van der Waals surface area contributed by atoms with Crippen LogP contribution in [0.5, 0.6) is 0 Å². The monoisotopic (exact) mass is 370 g/mol. The van der Waals surface area contributed by atoms with E-state index in [2.05, 4.69) is 23.5 Å². The van der Waals surface area contributed by atoms with Crippen LogP contribution in [0.15, 0.2) is 39.9 Å². The topological polar surface area (TPSA) is 76.4 Å². The van der Waals surface area contributed by atoms with E-state index in [0.717, 1.165) is 37.4 Å². The number of hydrogen-bond donors (Lipinski definition) is 3. The van der Waals surface area contributed by atoms with E-state index >= 15 is 0 Å². The number of rotatable bonds is 6. The number of nitrogens with one attached hydrogen (secondary N) is 1. The van der Waals surface area contributed by atoms with Crippen LogP contribution in [0.2, 0.25) is 0 Å². The molecule has 2 saturated carbocycles. The van der Waals surface area contributed by atoms with E-state index in [9.17, 15) is 0 Å². The minimum atomic E-state index is 0.354. The van der Waals surface area contributed by atoms with Gasteiger partial charge in [0.25, 0.3) is 0 Å². The van der Waals surface area contributed by atoms with Gasteiger partial charge < -0.3 is 16.8 Å². The van der Waals surface area contributed by atoms with Crippen LogP contribution in [0.1, 0.15) is 43.2 Å². The first kappa shape index (κ1) is 17.9. The van der Waals surface area contributed by atoms with Gasteiger partial charge in [0.05, 0.1) is 6.04 Å². The highest BCUT2D eigenvalue weighted by molar-refractivity contribution is 7.99. The van der Waals surface area contributed by atoms with E-state index in [4.69, 9.17) is 16.5 Å². The zero-order valence-electron chi connectivity index (χ0n) is 15.4. The van der Waals surface area contributed by atoms with Crippen molar-refractivity contribution in [3.05, 3.63) is 41.1 Å². The largest absolute Gasteiger partial charge is 0.402 e. The first-order chi connectivity index (χ1) is 12.7. The highest BCUT2D eigenvalue weighted by Gasteiger charge is 2.28. The second-order valence-corrected chi connectivity index (χ2v) is 8.99. The highest BCUT2D eigenvalue weighted by atomic mass is 32.2. The Balaban J connectivity index is 1.36. The molecule has 1 heterocycles. The van der Waals surface area contributed by atoms with Gasteiger partial charge in [0.15, 0.2) is 0 Å². The number of benzene rings is 1. The zero-order chi connectivity index (χ0) is 17.9. The second kappa shape index (κ2) is 8.05. The number of nitrogens with two attached hydrogens (primary N) is 2. The molecule has 2 atom stereocenters. The Morgan fingerprint density at radius 1 is 1.19 bits per heavy atom. The van der Waals surface area contributed by atoms with Crippen molar-refractivity contribution < 1.29 is 0 Å². The van der Waals surface area contributed by atoms with Gasteiger partial charge in [0.2, 0.25) is 0 Å². The lowest BCUT2D eigenvalue weighted by Crippen LogP contribution is -2.23. The quantitative estimate of drug-likeness (QED) is 0.408. The third-order valence-electron chi connectivity index (χ3n) is 5.83. The Morgan fingerprint density at radius 2 is 2.08 bits per heavy atom. The molecule has 0 spiro atoms. The number of fused-ring (bicyclic) bond motifs is 1. The molecule has 0 radical (unpaired) electrons. The molecule has 5 N–H and O–H groups in total. The van der Waals surface area contributed by atoms with Gasteiger partial charge in [-0.15, -0.1) is 11.8 Å². The summed E-state index contributed by atoms with van der Waals surface area (Å²) >= 11 is 1.98. The summed E-state index contributed by atoms with van der Waals surface area (Å²) in [6, 6.07) is 7.31. The molecule has 1 aromatic carbocycles. The lowest BCUT2D eigenvalue weighted by atomic mass is 10.0. The molecular formula is C21H30N4S. The van der Waals surface area contributed by atoms with Crippen molar-refractivity contribution in [3.63, 3.8) is 0 Å². The van der Waals surface area contributed by atoms with Crippen molar-refractivity contribution in [1.82, 2.24) is 5.32 Å². The van der Waals surface area contributed by atoms with Gasteiger partial charge in [-0.3, -0.25) is 4.99 Å². The zero-order valence-corrected chi connectivity index (χ0v) is 16.2. The number of hydrogen-bond acceptors (Lipinski definition) is 4. The number of amidine groups is 1. The minimum Gasteiger partial charge on any atom is -0.402 e.